The van der Waals surface area contributed by atoms with Crippen molar-refractivity contribution in [1.82, 2.24) is 4.98 Å². The van der Waals surface area contributed by atoms with Crippen molar-refractivity contribution in [1.29, 1.82) is 0 Å². The number of carbonyl (C=O) groups excluding carboxylic acids is 1. The number of aldehydes is 1. The summed E-state index contributed by atoms with van der Waals surface area (Å²) in [5.74, 6) is 0.259. The third kappa shape index (κ3) is 2.15. The molecule has 0 saturated carbocycles. The van der Waals surface area contributed by atoms with Crippen LogP contribution in [0.4, 0.5) is 5.13 Å². The molecular weight excluding hydrogens is 264 g/mol. The summed E-state index contributed by atoms with van der Waals surface area (Å²) in [6.45, 7) is 1.90. The van der Waals surface area contributed by atoms with E-state index < -0.39 is 0 Å². The maximum atomic E-state index is 10.6. The Labute approximate surface area is 95.3 Å². The van der Waals surface area contributed by atoms with Gasteiger partial charge >= 0.3 is 0 Å². The van der Waals surface area contributed by atoms with Crippen LogP contribution in [0.25, 0.3) is 0 Å². The zero-order valence-corrected chi connectivity index (χ0v) is 10.1. The number of hydrogen-bond acceptors (Lipinski definition) is 4. The summed E-state index contributed by atoms with van der Waals surface area (Å²) in [6, 6.07) is 0. The van der Waals surface area contributed by atoms with E-state index in [0.717, 1.165) is 42.0 Å². The van der Waals surface area contributed by atoms with Gasteiger partial charge in [0.15, 0.2) is 5.13 Å². The van der Waals surface area contributed by atoms with Gasteiger partial charge in [-0.15, -0.1) is 11.3 Å². The van der Waals surface area contributed by atoms with Crippen LogP contribution in [0.5, 0.6) is 0 Å². The van der Waals surface area contributed by atoms with Crippen molar-refractivity contribution < 1.29 is 4.79 Å². The van der Waals surface area contributed by atoms with Crippen molar-refractivity contribution in [3.8, 4) is 0 Å². The molecule has 0 aliphatic carbocycles. The van der Waals surface area contributed by atoms with Gasteiger partial charge in [-0.05, 0) is 28.8 Å². The lowest BCUT2D eigenvalue weighted by molar-refractivity contribution is -0.111. The number of halogens is 1. The third-order valence-corrected chi connectivity index (χ3v) is 4.08. The Kier molecular flexibility index (Phi) is 3.18. The van der Waals surface area contributed by atoms with Crippen LogP contribution < -0.4 is 4.90 Å². The van der Waals surface area contributed by atoms with E-state index in [1.54, 1.807) is 11.3 Å². The van der Waals surface area contributed by atoms with Gasteiger partial charge in [0.1, 0.15) is 10.9 Å². The molecule has 76 valence electrons. The van der Waals surface area contributed by atoms with Crippen molar-refractivity contribution in [2.24, 2.45) is 5.92 Å². The van der Waals surface area contributed by atoms with Crippen LogP contribution in [0, 0.1) is 5.92 Å². The van der Waals surface area contributed by atoms with E-state index in [0.29, 0.717) is 0 Å². The number of piperidine rings is 1. The molecule has 2 heterocycles. The summed E-state index contributed by atoms with van der Waals surface area (Å²) in [5, 5.41) is 3.04. The topological polar surface area (TPSA) is 33.2 Å². The Bertz CT molecular complexity index is 320. The van der Waals surface area contributed by atoms with Crippen LogP contribution in [0.2, 0.25) is 0 Å². The number of anilines is 1. The smallest absolute Gasteiger partial charge is 0.186 e. The molecule has 3 nitrogen and oxygen atoms in total. The van der Waals surface area contributed by atoms with Crippen LogP contribution in [0.1, 0.15) is 12.8 Å². The van der Waals surface area contributed by atoms with Gasteiger partial charge < -0.3 is 9.69 Å². The molecule has 1 saturated heterocycles. The van der Waals surface area contributed by atoms with Crippen molar-refractivity contribution in [2.45, 2.75) is 12.8 Å². The third-order valence-electron chi connectivity index (χ3n) is 2.47. The molecule has 1 fully saturated rings. The van der Waals surface area contributed by atoms with Gasteiger partial charge in [0.2, 0.25) is 0 Å². The molecule has 0 N–H and O–H groups in total. The van der Waals surface area contributed by atoms with E-state index in [9.17, 15) is 4.79 Å². The second-order valence-corrected chi connectivity index (χ2v) is 5.06. The van der Waals surface area contributed by atoms with Crippen LogP contribution >= 0.6 is 27.3 Å². The first-order valence-corrected chi connectivity index (χ1v) is 6.28. The summed E-state index contributed by atoms with van der Waals surface area (Å²) in [4.78, 5) is 17.2. The lowest BCUT2D eigenvalue weighted by atomic mass is 9.99. The van der Waals surface area contributed by atoms with Gasteiger partial charge in [-0.3, -0.25) is 0 Å². The molecule has 1 aromatic heterocycles. The highest BCUT2D eigenvalue weighted by Gasteiger charge is 2.20. The van der Waals surface area contributed by atoms with Crippen LogP contribution in [0.15, 0.2) is 9.98 Å². The molecule has 0 spiro atoms. The predicted octanol–water partition coefficient (Wildman–Crippen LogP) is 2.32. The van der Waals surface area contributed by atoms with Crippen molar-refractivity contribution in [3.63, 3.8) is 0 Å². The maximum absolute atomic E-state index is 10.6. The first-order chi connectivity index (χ1) is 6.79. The molecule has 0 unspecified atom stereocenters. The monoisotopic (exact) mass is 274 g/mol. The highest BCUT2D eigenvalue weighted by Crippen LogP contribution is 2.27. The Morgan fingerprint density at radius 2 is 2.29 bits per heavy atom. The second kappa shape index (κ2) is 4.40. The number of carbonyl (C=O) groups is 1. The molecule has 0 atom stereocenters. The van der Waals surface area contributed by atoms with Gasteiger partial charge in [0, 0.05) is 24.4 Å². The van der Waals surface area contributed by atoms with Gasteiger partial charge in [0.25, 0.3) is 0 Å². The molecule has 0 bridgehead atoms. The molecule has 14 heavy (non-hydrogen) atoms. The van der Waals surface area contributed by atoms with Crippen molar-refractivity contribution in [2.75, 3.05) is 18.0 Å². The second-order valence-electron chi connectivity index (χ2n) is 3.41. The molecule has 0 radical (unpaired) electrons. The van der Waals surface area contributed by atoms with E-state index in [1.807, 2.05) is 5.38 Å². The molecule has 0 aromatic carbocycles. The fraction of sp³-hybridized carbons (Fsp3) is 0.556. The van der Waals surface area contributed by atoms with Gasteiger partial charge in [-0.2, -0.15) is 0 Å². The average molecular weight is 275 g/mol. The van der Waals surface area contributed by atoms with Gasteiger partial charge in [0.05, 0.1) is 0 Å². The van der Waals surface area contributed by atoms with Gasteiger partial charge in [-0.25, -0.2) is 4.98 Å². The fourth-order valence-corrected chi connectivity index (χ4v) is 2.92. The van der Waals surface area contributed by atoms with E-state index in [4.69, 9.17) is 0 Å². The summed E-state index contributed by atoms with van der Waals surface area (Å²) in [5.41, 5.74) is 0. The molecular formula is C9H11BrN2OS. The molecule has 5 heteroatoms. The van der Waals surface area contributed by atoms with E-state index in [1.165, 1.54) is 0 Å². The maximum Gasteiger partial charge on any atom is 0.186 e. The Hall–Kier alpha value is -0.420. The highest BCUT2D eigenvalue weighted by molar-refractivity contribution is 9.10. The number of nitrogens with zero attached hydrogens (tertiary/aromatic N) is 2. The molecule has 1 aromatic rings. The van der Waals surface area contributed by atoms with Crippen LogP contribution in [-0.2, 0) is 4.79 Å². The van der Waals surface area contributed by atoms with E-state index in [2.05, 4.69) is 25.8 Å². The van der Waals surface area contributed by atoms with Crippen molar-refractivity contribution in [3.05, 3.63) is 9.98 Å². The first-order valence-electron chi connectivity index (χ1n) is 4.61. The van der Waals surface area contributed by atoms with Crippen LogP contribution in [0.3, 0.4) is 0 Å². The minimum Gasteiger partial charge on any atom is -0.348 e. The zero-order chi connectivity index (χ0) is 9.97. The Balaban J connectivity index is 1.98. The van der Waals surface area contributed by atoms with E-state index >= 15 is 0 Å². The molecule has 1 aliphatic heterocycles. The lowest BCUT2D eigenvalue weighted by Gasteiger charge is -2.29. The first kappa shape index (κ1) is 10.1. The average Bonchev–Trinajstić information content (AvgIpc) is 2.65. The summed E-state index contributed by atoms with van der Waals surface area (Å²) in [6.07, 6.45) is 3.00. The number of rotatable bonds is 2. The standard InChI is InChI=1S/C9H11BrN2OS/c10-8-6-14-9(11-8)12-3-1-7(5-13)2-4-12/h5-7H,1-4H2. The fourth-order valence-electron chi connectivity index (χ4n) is 1.62. The summed E-state index contributed by atoms with van der Waals surface area (Å²) in [7, 11) is 0. The molecule has 0 amide bonds. The van der Waals surface area contributed by atoms with E-state index in [-0.39, 0.29) is 5.92 Å². The minimum absolute atomic E-state index is 0.259. The highest BCUT2D eigenvalue weighted by atomic mass is 79.9. The molecule has 1 aliphatic rings. The number of thiazole rings is 1. The predicted molar refractivity (Wildman–Crippen MR) is 60.8 cm³/mol. The number of aromatic nitrogens is 1. The Morgan fingerprint density at radius 1 is 1.57 bits per heavy atom. The normalized spacial score (nSPS) is 18.5. The minimum atomic E-state index is 0.259. The van der Waals surface area contributed by atoms with Gasteiger partial charge in [-0.1, -0.05) is 0 Å². The lowest BCUT2D eigenvalue weighted by Crippen LogP contribution is -2.33. The quantitative estimate of drug-likeness (QED) is 0.777. The summed E-state index contributed by atoms with van der Waals surface area (Å²) >= 11 is 4.99. The largest absolute Gasteiger partial charge is 0.348 e. The van der Waals surface area contributed by atoms with Crippen molar-refractivity contribution >= 4 is 38.7 Å². The van der Waals surface area contributed by atoms with Crippen LogP contribution in [-0.4, -0.2) is 24.4 Å². The summed E-state index contributed by atoms with van der Waals surface area (Å²) < 4.78 is 0.898. The SMILES string of the molecule is O=CC1CCN(c2nc(Br)cs2)CC1. The number of hydrogen-bond donors (Lipinski definition) is 0. The Morgan fingerprint density at radius 3 is 2.79 bits per heavy atom. The zero-order valence-electron chi connectivity index (χ0n) is 7.65. The molecule has 2 rings (SSSR count).